The number of likely N-dealkylation sites (tertiary alicyclic amines) is 1. The van der Waals surface area contributed by atoms with E-state index in [1.165, 1.54) is 0 Å². The maximum Gasteiger partial charge on any atom is 0.318 e. The maximum atomic E-state index is 12.4. The SMILES string of the molecule is CC1(C)CCCN1C(=O)NC1CCCCCC1C(=O)O. The van der Waals surface area contributed by atoms with Crippen LogP contribution in [0, 0.1) is 5.92 Å². The standard InChI is InChI=1S/C15H26N2O3/c1-15(2)9-6-10-17(15)14(20)16-12-8-5-3-4-7-11(12)13(18)19/h11-12H,3-10H2,1-2H3,(H,16,20)(H,18,19). The monoisotopic (exact) mass is 282 g/mol. The highest BCUT2D eigenvalue weighted by Crippen LogP contribution is 2.29. The van der Waals surface area contributed by atoms with Crippen molar-refractivity contribution in [3.8, 4) is 0 Å². The molecule has 0 aromatic rings. The molecule has 20 heavy (non-hydrogen) atoms. The highest BCUT2D eigenvalue weighted by molar-refractivity contribution is 5.77. The van der Waals surface area contributed by atoms with Crippen molar-refractivity contribution < 1.29 is 14.7 Å². The second-order valence-electron chi connectivity index (χ2n) is 6.71. The predicted octanol–water partition coefficient (Wildman–Crippen LogP) is 2.60. The zero-order chi connectivity index (χ0) is 14.8. The van der Waals surface area contributed by atoms with Crippen LogP contribution in [0.4, 0.5) is 4.79 Å². The van der Waals surface area contributed by atoms with Gasteiger partial charge in [-0.05, 0) is 39.5 Å². The molecular formula is C15H26N2O3. The lowest BCUT2D eigenvalue weighted by Gasteiger charge is -2.34. The number of carboxylic acid groups (broad SMARTS) is 1. The third kappa shape index (κ3) is 3.25. The van der Waals surface area contributed by atoms with Gasteiger partial charge in [-0.1, -0.05) is 19.3 Å². The summed E-state index contributed by atoms with van der Waals surface area (Å²) in [6.45, 7) is 4.91. The summed E-state index contributed by atoms with van der Waals surface area (Å²) in [5.41, 5.74) is -0.118. The zero-order valence-corrected chi connectivity index (χ0v) is 12.5. The molecule has 0 aromatic heterocycles. The van der Waals surface area contributed by atoms with Crippen LogP contribution in [0.1, 0.15) is 58.8 Å². The van der Waals surface area contributed by atoms with Crippen LogP contribution in [-0.4, -0.2) is 40.1 Å². The number of urea groups is 1. The van der Waals surface area contributed by atoms with Crippen molar-refractivity contribution >= 4 is 12.0 Å². The van der Waals surface area contributed by atoms with Crippen LogP contribution in [0.3, 0.4) is 0 Å². The summed E-state index contributed by atoms with van der Waals surface area (Å²) in [5, 5.41) is 12.3. The van der Waals surface area contributed by atoms with Gasteiger partial charge in [-0.15, -0.1) is 0 Å². The van der Waals surface area contributed by atoms with Gasteiger partial charge < -0.3 is 15.3 Å². The lowest BCUT2D eigenvalue weighted by molar-refractivity contribution is -0.142. The first-order chi connectivity index (χ1) is 9.42. The molecular weight excluding hydrogens is 256 g/mol. The van der Waals surface area contributed by atoms with Crippen LogP contribution < -0.4 is 5.32 Å². The van der Waals surface area contributed by atoms with Gasteiger partial charge in [-0.2, -0.15) is 0 Å². The van der Waals surface area contributed by atoms with Crippen LogP contribution in [0.5, 0.6) is 0 Å². The maximum absolute atomic E-state index is 12.4. The highest BCUT2D eigenvalue weighted by Gasteiger charge is 2.38. The van der Waals surface area contributed by atoms with Gasteiger partial charge in [0, 0.05) is 18.1 Å². The lowest BCUT2D eigenvalue weighted by atomic mass is 9.95. The van der Waals surface area contributed by atoms with Crippen molar-refractivity contribution in [3.63, 3.8) is 0 Å². The third-order valence-electron chi connectivity index (χ3n) is 4.79. The Morgan fingerprint density at radius 1 is 1.15 bits per heavy atom. The van der Waals surface area contributed by atoms with E-state index in [1.807, 2.05) is 4.90 Å². The average Bonchev–Trinajstić information content (AvgIpc) is 2.59. The Morgan fingerprint density at radius 2 is 1.85 bits per heavy atom. The molecule has 0 bridgehead atoms. The van der Waals surface area contributed by atoms with Crippen molar-refractivity contribution in [1.29, 1.82) is 0 Å². The zero-order valence-electron chi connectivity index (χ0n) is 12.5. The number of amides is 2. The fraction of sp³-hybridized carbons (Fsp3) is 0.867. The molecule has 5 nitrogen and oxygen atoms in total. The largest absolute Gasteiger partial charge is 0.481 e. The molecule has 2 amide bonds. The fourth-order valence-electron chi connectivity index (χ4n) is 3.50. The normalized spacial score (nSPS) is 29.8. The molecule has 0 radical (unpaired) electrons. The van der Waals surface area contributed by atoms with Crippen LogP contribution in [0.15, 0.2) is 0 Å². The van der Waals surface area contributed by atoms with Crippen molar-refractivity contribution in [3.05, 3.63) is 0 Å². The van der Waals surface area contributed by atoms with Crippen molar-refractivity contribution in [2.75, 3.05) is 6.54 Å². The molecule has 2 rings (SSSR count). The van der Waals surface area contributed by atoms with E-state index in [0.717, 1.165) is 45.1 Å². The second kappa shape index (κ2) is 6.02. The first-order valence-electron chi connectivity index (χ1n) is 7.73. The highest BCUT2D eigenvalue weighted by atomic mass is 16.4. The molecule has 1 saturated carbocycles. The first-order valence-corrected chi connectivity index (χ1v) is 7.73. The smallest absolute Gasteiger partial charge is 0.318 e. The molecule has 2 atom stereocenters. The van der Waals surface area contributed by atoms with Gasteiger partial charge >= 0.3 is 12.0 Å². The Balaban J connectivity index is 2.02. The molecule has 1 aliphatic heterocycles. The van der Waals surface area contributed by atoms with Gasteiger partial charge in [0.05, 0.1) is 5.92 Å². The molecule has 5 heteroatoms. The van der Waals surface area contributed by atoms with Gasteiger partial charge in [-0.25, -0.2) is 4.79 Å². The van der Waals surface area contributed by atoms with Crippen molar-refractivity contribution in [1.82, 2.24) is 10.2 Å². The predicted molar refractivity (Wildman–Crippen MR) is 76.5 cm³/mol. The number of hydrogen-bond donors (Lipinski definition) is 2. The van der Waals surface area contributed by atoms with Gasteiger partial charge in [0.2, 0.25) is 0 Å². The molecule has 1 heterocycles. The van der Waals surface area contributed by atoms with E-state index in [9.17, 15) is 14.7 Å². The summed E-state index contributed by atoms with van der Waals surface area (Å²) in [4.78, 5) is 25.7. The Morgan fingerprint density at radius 3 is 2.45 bits per heavy atom. The average molecular weight is 282 g/mol. The lowest BCUT2D eigenvalue weighted by Crippen LogP contribution is -2.53. The Hall–Kier alpha value is -1.26. The van der Waals surface area contributed by atoms with E-state index in [1.54, 1.807) is 0 Å². The van der Waals surface area contributed by atoms with Crippen LogP contribution in [0.25, 0.3) is 0 Å². The molecule has 114 valence electrons. The summed E-state index contributed by atoms with van der Waals surface area (Å²) >= 11 is 0. The minimum atomic E-state index is -0.780. The van der Waals surface area contributed by atoms with Crippen LogP contribution >= 0.6 is 0 Å². The molecule has 2 N–H and O–H groups in total. The summed E-state index contributed by atoms with van der Waals surface area (Å²) in [6.07, 6.45) is 6.48. The van der Waals surface area contributed by atoms with E-state index >= 15 is 0 Å². The van der Waals surface area contributed by atoms with Gasteiger partial charge in [0.15, 0.2) is 0 Å². The van der Waals surface area contributed by atoms with Gasteiger partial charge in [0.25, 0.3) is 0 Å². The summed E-state index contributed by atoms with van der Waals surface area (Å²) < 4.78 is 0. The van der Waals surface area contributed by atoms with E-state index in [0.29, 0.717) is 6.42 Å². The summed E-state index contributed by atoms with van der Waals surface area (Å²) in [5.74, 6) is -1.22. The third-order valence-corrected chi connectivity index (χ3v) is 4.79. The molecule has 1 saturated heterocycles. The van der Waals surface area contributed by atoms with Crippen LogP contribution in [-0.2, 0) is 4.79 Å². The number of hydrogen-bond acceptors (Lipinski definition) is 2. The van der Waals surface area contributed by atoms with E-state index in [2.05, 4.69) is 19.2 Å². The first kappa shape index (κ1) is 15.1. The number of carbonyl (C=O) groups excluding carboxylic acids is 1. The number of carbonyl (C=O) groups is 2. The quantitative estimate of drug-likeness (QED) is 0.765. The number of nitrogens with zero attached hydrogens (tertiary/aromatic N) is 1. The Kier molecular flexibility index (Phi) is 4.55. The molecule has 0 aromatic carbocycles. The minimum Gasteiger partial charge on any atom is -0.481 e. The topological polar surface area (TPSA) is 69.6 Å². The Labute approximate surface area is 120 Å². The molecule has 2 fully saturated rings. The number of carboxylic acids is 1. The molecule has 2 unspecified atom stereocenters. The van der Waals surface area contributed by atoms with Crippen molar-refractivity contribution in [2.45, 2.75) is 70.4 Å². The van der Waals surface area contributed by atoms with Gasteiger partial charge in [-0.3, -0.25) is 4.79 Å². The summed E-state index contributed by atoms with van der Waals surface area (Å²) in [7, 11) is 0. The number of nitrogens with one attached hydrogen (secondary N) is 1. The molecule has 1 aliphatic carbocycles. The molecule has 0 spiro atoms. The number of rotatable bonds is 2. The number of aliphatic carboxylic acids is 1. The minimum absolute atomic E-state index is 0.0920. The second-order valence-corrected chi connectivity index (χ2v) is 6.71. The summed E-state index contributed by atoms with van der Waals surface area (Å²) in [6, 6.07) is -0.315. The Bertz CT molecular complexity index is 381. The van der Waals surface area contributed by atoms with E-state index < -0.39 is 11.9 Å². The molecule has 2 aliphatic rings. The van der Waals surface area contributed by atoms with Crippen molar-refractivity contribution in [2.24, 2.45) is 5.92 Å². The van der Waals surface area contributed by atoms with Crippen LogP contribution in [0.2, 0.25) is 0 Å². The fourth-order valence-corrected chi connectivity index (χ4v) is 3.50. The van der Waals surface area contributed by atoms with E-state index in [4.69, 9.17) is 0 Å². The van der Waals surface area contributed by atoms with Gasteiger partial charge in [0.1, 0.15) is 0 Å². The van der Waals surface area contributed by atoms with E-state index in [-0.39, 0.29) is 17.6 Å².